The van der Waals surface area contributed by atoms with E-state index in [1.165, 1.54) is 38.8 Å². The zero-order chi connectivity index (χ0) is 10.8. The molecule has 2 rings (SSSR count). The lowest BCUT2D eigenvalue weighted by Crippen LogP contribution is -2.45. The molecule has 0 amide bonds. The predicted molar refractivity (Wildman–Crippen MR) is 65.8 cm³/mol. The summed E-state index contributed by atoms with van der Waals surface area (Å²) in [7, 11) is 0. The molecule has 1 heteroatoms. The van der Waals surface area contributed by atoms with Crippen molar-refractivity contribution in [3.05, 3.63) is 0 Å². The summed E-state index contributed by atoms with van der Waals surface area (Å²) in [5, 5.41) is 3.39. The quantitative estimate of drug-likeness (QED) is 0.749. The largest absolute Gasteiger partial charge is 0.316 e. The molecule has 15 heavy (non-hydrogen) atoms. The standard InChI is InChI=1S/C14H27N/c1-10(2)13-5-4-12(7-13)6-11(3)14-8-15-9-14/h10-15H,4-9H2,1-3H3. The van der Waals surface area contributed by atoms with Crippen LogP contribution in [0.25, 0.3) is 0 Å². The number of rotatable bonds is 4. The summed E-state index contributed by atoms with van der Waals surface area (Å²) in [6.07, 6.45) is 6.02. The first-order valence-electron chi connectivity index (χ1n) is 6.87. The first kappa shape index (κ1) is 11.4. The van der Waals surface area contributed by atoms with Gasteiger partial charge in [-0.25, -0.2) is 0 Å². The number of nitrogens with one attached hydrogen (secondary N) is 1. The third-order valence-corrected chi connectivity index (χ3v) is 4.85. The van der Waals surface area contributed by atoms with Crippen LogP contribution < -0.4 is 5.32 Å². The van der Waals surface area contributed by atoms with Crippen molar-refractivity contribution in [2.45, 2.75) is 46.5 Å². The molecule has 0 aromatic heterocycles. The molecule has 0 aromatic rings. The van der Waals surface area contributed by atoms with Crippen molar-refractivity contribution >= 4 is 0 Å². The van der Waals surface area contributed by atoms with E-state index in [4.69, 9.17) is 0 Å². The molecule has 2 aliphatic rings. The molecule has 3 atom stereocenters. The maximum atomic E-state index is 3.39. The van der Waals surface area contributed by atoms with Crippen molar-refractivity contribution in [2.24, 2.45) is 29.6 Å². The molecule has 1 nitrogen and oxygen atoms in total. The summed E-state index contributed by atoms with van der Waals surface area (Å²) in [6, 6.07) is 0. The van der Waals surface area contributed by atoms with Gasteiger partial charge in [0.2, 0.25) is 0 Å². The Morgan fingerprint density at radius 3 is 2.27 bits per heavy atom. The highest BCUT2D eigenvalue weighted by Crippen LogP contribution is 2.39. The van der Waals surface area contributed by atoms with E-state index in [0.29, 0.717) is 0 Å². The van der Waals surface area contributed by atoms with Gasteiger partial charge in [0.1, 0.15) is 0 Å². The molecule has 0 bridgehead atoms. The van der Waals surface area contributed by atoms with Crippen LogP contribution in [0.1, 0.15) is 46.5 Å². The van der Waals surface area contributed by atoms with Gasteiger partial charge in [-0.3, -0.25) is 0 Å². The van der Waals surface area contributed by atoms with Crippen LogP contribution in [0.3, 0.4) is 0 Å². The summed E-state index contributed by atoms with van der Waals surface area (Å²) in [6.45, 7) is 9.82. The second-order valence-corrected chi connectivity index (χ2v) is 6.31. The zero-order valence-corrected chi connectivity index (χ0v) is 10.6. The minimum atomic E-state index is 0.913. The van der Waals surface area contributed by atoms with E-state index in [0.717, 1.165) is 29.6 Å². The molecule has 3 unspecified atom stereocenters. The van der Waals surface area contributed by atoms with Crippen molar-refractivity contribution < 1.29 is 0 Å². The van der Waals surface area contributed by atoms with Crippen molar-refractivity contribution in [1.29, 1.82) is 0 Å². The van der Waals surface area contributed by atoms with Crippen LogP contribution in [0.15, 0.2) is 0 Å². The summed E-state index contributed by atoms with van der Waals surface area (Å²) in [5.41, 5.74) is 0. The molecule has 1 saturated heterocycles. The Bertz CT molecular complexity index is 196. The lowest BCUT2D eigenvalue weighted by Gasteiger charge is -2.34. The minimum absolute atomic E-state index is 0.913. The average molecular weight is 209 g/mol. The molecule has 2 fully saturated rings. The van der Waals surface area contributed by atoms with E-state index in [1.54, 1.807) is 0 Å². The van der Waals surface area contributed by atoms with Gasteiger partial charge in [0.25, 0.3) is 0 Å². The molecule has 1 heterocycles. The van der Waals surface area contributed by atoms with Gasteiger partial charge < -0.3 is 5.32 Å². The molecular weight excluding hydrogens is 182 g/mol. The molecule has 88 valence electrons. The van der Waals surface area contributed by atoms with E-state index < -0.39 is 0 Å². The molecule has 0 spiro atoms. The second-order valence-electron chi connectivity index (χ2n) is 6.31. The Morgan fingerprint density at radius 1 is 1.07 bits per heavy atom. The van der Waals surface area contributed by atoms with Crippen LogP contribution in [0, 0.1) is 29.6 Å². The molecule has 0 aromatic carbocycles. The van der Waals surface area contributed by atoms with Crippen LogP contribution in [0.5, 0.6) is 0 Å². The van der Waals surface area contributed by atoms with Gasteiger partial charge in [-0.15, -0.1) is 0 Å². The first-order valence-corrected chi connectivity index (χ1v) is 6.87. The van der Waals surface area contributed by atoms with Gasteiger partial charge in [-0.2, -0.15) is 0 Å². The number of hydrogen-bond donors (Lipinski definition) is 1. The second kappa shape index (κ2) is 4.86. The molecule has 1 N–H and O–H groups in total. The van der Waals surface area contributed by atoms with Crippen molar-refractivity contribution in [2.75, 3.05) is 13.1 Å². The van der Waals surface area contributed by atoms with E-state index in [-0.39, 0.29) is 0 Å². The van der Waals surface area contributed by atoms with Crippen LogP contribution >= 0.6 is 0 Å². The molecule has 1 aliphatic carbocycles. The SMILES string of the molecule is CC(C)C1CCC(CC(C)C2CNC2)C1. The van der Waals surface area contributed by atoms with Gasteiger partial charge in [-0.1, -0.05) is 27.2 Å². The lowest BCUT2D eigenvalue weighted by molar-refractivity contribution is 0.210. The topological polar surface area (TPSA) is 12.0 Å². The first-order chi connectivity index (χ1) is 7.16. The fourth-order valence-corrected chi connectivity index (χ4v) is 3.36. The van der Waals surface area contributed by atoms with E-state index >= 15 is 0 Å². The van der Waals surface area contributed by atoms with Crippen LogP contribution in [-0.4, -0.2) is 13.1 Å². The van der Waals surface area contributed by atoms with Crippen molar-refractivity contribution in [3.63, 3.8) is 0 Å². The summed E-state index contributed by atoms with van der Waals surface area (Å²) in [5.74, 6) is 4.94. The highest BCUT2D eigenvalue weighted by Gasteiger charge is 2.31. The van der Waals surface area contributed by atoms with E-state index in [1.807, 2.05) is 0 Å². The van der Waals surface area contributed by atoms with E-state index in [2.05, 4.69) is 26.1 Å². The molecule has 0 radical (unpaired) electrons. The van der Waals surface area contributed by atoms with Crippen LogP contribution in [0.4, 0.5) is 0 Å². The van der Waals surface area contributed by atoms with Gasteiger partial charge >= 0.3 is 0 Å². The summed E-state index contributed by atoms with van der Waals surface area (Å²) >= 11 is 0. The Hall–Kier alpha value is -0.0400. The molecular formula is C14H27N. The lowest BCUT2D eigenvalue weighted by atomic mass is 9.81. The maximum absolute atomic E-state index is 3.39. The normalized spacial score (nSPS) is 34.4. The summed E-state index contributed by atoms with van der Waals surface area (Å²) < 4.78 is 0. The van der Waals surface area contributed by atoms with Crippen LogP contribution in [-0.2, 0) is 0 Å². The smallest absolute Gasteiger partial charge is 0.000569 e. The maximum Gasteiger partial charge on any atom is -0.000569 e. The van der Waals surface area contributed by atoms with Crippen molar-refractivity contribution in [3.8, 4) is 0 Å². The Morgan fingerprint density at radius 2 is 1.80 bits per heavy atom. The van der Waals surface area contributed by atoms with Crippen LogP contribution in [0.2, 0.25) is 0 Å². The van der Waals surface area contributed by atoms with Crippen molar-refractivity contribution in [1.82, 2.24) is 5.32 Å². The molecule has 1 aliphatic heterocycles. The number of hydrogen-bond acceptors (Lipinski definition) is 1. The minimum Gasteiger partial charge on any atom is -0.316 e. The Labute approximate surface area is 95.0 Å². The van der Waals surface area contributed by atoms with E-state index in [9.17, 15) is 0 Å². The van der Waals surface area contributed by atoms with Gasteiger partial charge in [0, 0.05) is 0 Å². The zero-order valence-electron chi connectivity index (χ0n) is 10.6. The average Bonchev–Trinajstić information content (AvgIpc) is 2.48. The highest BCUT2D eigenvalue weighted by atomic mass is 14.9. The van der Waals surface area contributed by atoms with Gasteiger partial charge in [0.05, 0.1) is 0 Å². The molecule has 1 saturated carbocycles. The Balaban J connectivity index is 1.71. The van der Waals surface area contributed by atoms with Gasteiger partial charge in [-0.05, 0) is 61.9 Å². The fraction of sp³-hybridized carbons (Fsp3) is 1.00. The Kier molecular flexibility index (Phi) is 3.71. The van der Waals surface area contributed by atoms with Gasteiger partial charge in [0.15, 0.2) is 0 Å². The monoisotopic (exact) mass is 209 g/mol. The third kappa shape index (κ3) is 2.75. The fourth-order valence-electron chi connectivity index (χ4n) is 3.36. The predicted octanol–water partition coefficient (Wildman–Crippen LogP) is 3.30. The summed E-state index contributed by atoms with van der Waals surface area (Å²) in [4.78, 5) is 0. The highest BCUT2D eigenvalue weighted by molar-refractivity contribution is 4.84. The third-order valence-electron chi connectivity index (χ3n) is 4.85.